The van der Waals surface area contributed by atoms with E-state index in [1.165, 1.54) is 0 Å². The number of H-pyrrole nitrogens is 2. The smallest absolute Gasteiger partial charge is 0.337 e. The van der Waals surface area contributed by atoms with Crippen LogP contribution in [0.5, 0.6) is 0 Å². The van der Waals surface area contributed by atoms with E-state index >= 15 is 0 Å². The molecule has 2 heterocycles. The van der Waals surface area contributed by atoms with Gasteiger partial charge in [0.05, 0.1) is 16.6 Å². The number of thioether (sulfide) groups is 1. The number of nitrogens with one attached hydrogen (secondary N) is 2. The van der Waals surface area contributed by atoms with Gasteiger partial charge in [0.15, 0.2) is 5.16 Å². The number of hydrogen-bond acceptors (Lipinski definition) is 6. The molecule has 0 spiro atoms. The topological polar surface area (TPSA) is 120 Å². The highest BCUT2D eigenvalue weighted by Crippen LogP contribution is 2.31. The largest absolute Gasteiger partial charge is 0.478 e. The number of hydrogen-bond donors (Lipinski definition) is 3. The Balaban J connectivity index is 1.46. The Labute approximate surface area is 199 Å². The number of carboxylic acid groups (broad SMARTS) is 1. The first kappa shape index (κ1) is 21.8. The maximum Gasteiger partial charge on any atom is 0.337 e. The summed E-state index contributed by atoms with van der Waals surface area (Å²) in [6, 6.07) is 19.8. The molecule has 0 fully saturated rings. The fraction of sp³-hybridized carbons (Fsp3) is 0.160. The molecule has 0 saturated heterocycles. The molecule has 0 amide bonds. The van der Waals surface area contributed by atoms with Crippen LogP contribution in [0.3, 0.4) is 0 Å². The fourth-order valence-electron chi connectivity index (χ4n) is 3.94. The van der Waals surface area contributed by atoms with Gasteiger partial charge in [-0.3, -0.25) is 0 Å². The number of tetrazole rings is 1. The summed E-state index contributed by atoms with van der Waals surface area (Å²) >= 11 is 1.60. The van der Waals surface area contributed by atoms with E-state index in [-0.39, 0.29) is 5.56 Å². The zero-order valence-corrected chi connectivity index (χ0v) is 19.3. The van der Waals surface area contributed by atoms with Crippen LogP contribution in [0.1, 0.15) is 34.8 Å². The van der Waals surface area contributed by atoms with Crippen LogP contribution in [-0.4, -0.2) is 47.4 Å². The standard InChI is InChI=1S/C25H22N6O2S/c1-2-13-34-25-26-21-17(11-12-20(24(32)33)22(21)27-25)14-15-7-9-16(10-8-15)18-5-3-4-6-19(18)23-28-30-31-29-23/h3-12H,2,13-14H2,1H3,(H,26,27)(H,32,33)(H,28,29,30,31). The van der Waals surface area contributed by atoms with Crippen LogP contribution < -0.4 is 0 Å². The average Bonchev–Trinajstić information content (AvgIpc) is 3.54. The molecule has 8 nitrogen and oxygen atoms in total. The van der Waals surface area contributed by atoms with Crippen molar-refractivity contribution in [3.05, 3.63) is 77.4 Å². The van der Waals surface area contributed by atoms with Crippen molar-refractivity contribution < 1.29 is 9.90 Å². The van der Waals surface area contributed by atoms with E-state index < -0.39 is 5.97 Å². The Kier molecular flexibility index (Phi) is 6.09. The van der Waals surface area contributed by atoms with Crippen molar-refractivity contribution in [1.82, 2.24) is 30.6 Å². The van der Waals surface area contributed by atoms with E-state index in [0.717, 1.165) is 45.1 Å². The second-order valence-electron chi connectivity index (χ2n) is 7.85. The summed E-state index contributed by atoms with van der Waals surface area (Å²) in [6.07, 6.45) is 1.66. The summed E-state index contributed by atoms with van der Waals surface area (Å²) in [5.74, 6) is 0.511. The summed E-state index contributed by atoms with van der Waals surface area (Å²) in [5.41, 5.74) is 6.60. The third-order valence-electron chi connectivity index (χ3n) is 5.55. The third kappa shape index (κ3) is 4.29. The van der Waals surface area contributed by atoms with Crippen LogP contribution in [0.15, 0.2) is 65.8 Å². The van der Waals surface area contributed by atoms with E-state index in [0.29, 0.717) is 23.3 Å². The lowest BCUT2D eigenvalue weighted by molar-refractivity contribution is 0.0699. The fourth-order valence-corrected chi connectivity index (χ4v) is 4.67. The molecule has 2 aromatic heterocycles. The van der Waals surface area contributed by atoms with Crippen molar-refractivity contribution in [3.63, 3.8) is 0 Å². The van der Waals surface area contributed by atoms with Gasteiger partial charge in [-0.05, 0) is 46.4 Å². The molecule has 0 aliphatic heterocycles. The highest BCUT2D eigenvalue weighted by molar-refractivity contribution is 7.99. The zero-order chi connectivity index (χ0) is 23.5. The van der Waals surface area contributed by atoms with E-state index in [2.05, 4.69) is 56.8 Å². The molecular weight excluding hydrogens is 448 g/mol. The van der Waals surface area contributed by atoms with Crippen molar-refractivity contribution in [2.24, 2.45) is 0 Å². The molecule has 0 aliphatic carbocycles. The van der Waals surface area contributed by atoms with Crippen molar-refractivity contribution in [3.8, 4) is 22.5 Å². The predicted molar refractivity (Wildman–Crippen MR) is 132 cm³/mol. The van der Waals surface area contributed by atoms with Gasteiger partial charge in [0, 0.05) is 11.3 Å². The normalized spacial score (nSPS) is 11.2. The number of carboxylic acids is 1. The number of rotatable bonds is 8. The minimum absolute atomic E-state index is 0.239. The first-order valence-corrected chi connectivity index (χ1v) is 11.9. The van der Waals surface area contributed by atoms with E-state index in [1.54, 1.807) is 17.8 Å². The van der Waals surface area contributed by atoms with Crippen LogP contribution in [0, 0.1) is 0 Å². The second-order valence-corrected chi connectivity index (χ2v) is 8.93. The third-order valence-corrected chi connectivity index (χ3v) is 6.63. The molecule has 0 bridgehead atoms. The summed E-state index contributed by atoms with van der Waals surface area (Å²) < 4.78 is 0. The molecule has 34 heavy (non-hydrogen) atoms. The van der Waals surface area contributed by atoms with Gasteiger partial charge in [0.25, 0.3) is 0 Å². The van der Waals surface area contributed by atoms with Gasteiger partial charge in [-0.2, -0.15) is 5.21 Å². The summed E-state index contributed by atoms with van der Waals surface area (Å²) in [7, 11) is 0. The second kappa shape index (κ2) is 9.48. The summed E-state index contributed by atoms with van der Waals surface area (Å²) in [5, 5.41) is 24.8. The number of aromatic nitrogens is 6. The van der Waals surface area contributed by atoms with Gasteiger partial charge in [-0.25, -0.2) is 9.78 Å². The van der Waals surface area contributed by atoms with Gasteiger partial charge in [0.1, 0.15) is 0 Å². The first-order valence-electron chi connectivity index (χ1n) is 10.9. The summed E-state index contributed by atoms with van der Waals surface area (Å²) in [4.78, 5) is 19.6. The van der Waals surface area contributed by atoms with Crippen LogP contribution in [0.2, 0.25) is 0 Å². The quantitative estimate of drug-likeness (QED) is 0.267. The van der Waals surface area contributed by atoms with E-state index in [4.69, 9.17) is 4.98 Å². The Morgan fingerprint density at radius 1 is 1.03 bits per heavy atom. The van der Waals surface area contributed by atoms with E-state index in [9.17, 15) is 9.90 Å². The Bertz CT molecular complexity index is 1440. The molecule has 5 rings (SSSR count). The number of aromatic amines is 2. The molecule has 0 unspecified atom stereocenters. The predicted octanol–water partition coefficient (Wildman–Crippen LogP) is 5.20. The molecule has 3 N–H and O–H groups in total. The molecule has 0 radical (unpaired) electrons. The van der Waals surface area contributed by atoms with Crippen LogP contribution in [0.25, 0.3) is 33.5 Å². The van der Waals surface area contributed by atoms with Gasteiger partial charge >= 0.3 is 5.97 Å². The number of nitrogens with zero attached hydrogens (tertiary/aromatic N) is 4. The van der Waals surface area contributed by atoms with Crippen molar-refractivity contribution in [2.45, 2.75) is 24.9 Å². The number of benzene rings is 3. The zero-order valence-electron chi connectivity index (χ0n) is 18.4. The highest BCUT2D eigenvalue weighted by Gasteiger charge is 2.17. The SMILES string of the molecule is CCCSc1nc2c(Cc3ccc(-c4ccccc4-c4nn[nH]n4)cc3)ccc(C(=O)O)c2[nH]1. The highest BCUT2D eigenvalue weighted by atomic mass is 32.2. The molecule has 0 saturated carbocycles. The Morgan fingerprint density at radius 3 is 2.53 bits per heavy atom. The maximum atomic E-state index is 11.7. The minimum atomic E-state index is -0.961. The van der Waals surface area contributed by atoms with Crippen LogP contribution in [-0.2, 0) is 6.42 Å². The number of fused-ring (bicyclic) bond motifs is 1. The van der Waals surface area contributed by atoms with Gasteiger partial charge in [-0.1, -0.05) is 73.3 Å². The molecule has 170 valence electrons. The van der Waals surface area contributed by atoms with Crippen LogP contribution >= 0.6 is 11.8 Å². The Morgan fingerprint density at radius 2 is 1.82 bits per heavy atom. The first-order chi connectivity index (χ1) is 16.6. The van der Waals surface area contributed by atoms with Crippen molar-refractivity contribution >= 4 is 28.8 Å². The Hall–Kier alpha value is -3.98. The lowest BCUT2D eigenvalue weighted by atomic mass is 9.96. The molecule has 0 atom stereocenters. The lowest BCUT2D eigenvalue weighted by Gasteiger charge is -2.09. The van der Waals surface area contributed by atoms with E-state index in [1.807, 2.05) is 30.3 Å². The van der Waals surface area contributed by atoms with Gasteiger partial charge < -0.3 is 10.1 Å². The lowest BCUT2D eigenvalue weighted by Crippen LogP contribution is -1.99. The molecule has 0 aliphatic rings. The number of imidazole rings is 1. The molecule has 3 aromatic carbocycles. The van der Waals surface area contributed by atoms with Gasteiger partial charge in [-0.15, -0.1) is 10.2 Å². The average molecular weight is 471 g/mol. The number of carbonyl (C=O) groups is 1. The van der Waals surface area contributed by atoms with Crippen molar-refractivity contribution in [2.75, 3.05) is 5.75 Å². The van der Waals surface area contributed by atoms with Crippen molar-refractivity contribution in [1.29, 1.82) is 0 Å². The number of aromatic carboxylic acids is 1. The molecule has 9 heteroatoms. The maximum absolute atomic E-state index is 11.7. The minimum Gasteiger partial charge on any atom is -0.478 e. The summed E-state index contributed by atoms with van der Waals surface area (Å²) in [6.45, 7) is 2.11. The monoisotopic (exact) mass is 470 g/mol. The van der Waals surface area contributed by atoms with Gasteiger partial charge in [0.2, 0.25) is 5.82 Å². The molecule has 5 aromatic rings. The van der Waals surface area contributed by atoms with Crippen LogP contribution in [0.4, 0.5) is 0 Å². The molecular formula is C25H22N6O2S.